The van der Waals surface area contributed by atoms with Crippen molar-refractivity contribution in [2.45, 2.75) is 32.0 Å². The van der Waals surface area contributed by atoms with Gasteiger partial charge >= 0.3 is 6.18 Å². The second kappa shape index (κ2) is 9.40. The Balaban J connectivity index is 1.20. The Morgan fingerprint density at radius 3 is 2.32 bits per heavy atom. The average molecular weight is 476 g/mol. The molecule has 0 bridgehead atoms. The van der Waals surface area contributed by atoms with Crippen molar-refractivity contribution < 1.29 is 22.7 Å². The van der Waals surface area contributed by atoms with E-state index in [2.05, 4.69) is 19.8 Å². The minimum Gasteiger partial charge on any atom is -0.378 e. The molecule has 2 aromatic rings. The lowest BCUT2D eigenvalue weighted by Crippen LogP contribution is -2.44. The summed E-state index contributed by atoms with van der Waals surface area (Å²) in [5.74, 6) is 1.66. The molecule has 10 heteroatoms. The molecule has 0 radical (unpaired) electrons. The van der Waals surface area contributed by atoms with Crippen LogP contribution in [0.5, 0.6) is 0 Å². The Bertz CT molecular complexity index is 1030. The predicted octanol–water partition coefficient (Wildman–Crippen LogP) is 3.13. The quantitative estimate of drug-likeness (QED) is 0.680. The van der Waals surface area contributed by atoms with E-state index in [-0.39, 0.29) is 24.8 Å². The number of amides is 1. The number of benzene rings is 1. The van der Waals surface area contributed by atoms with Crippen LogP contribution in [0, 0.1) is 5.92 Å². The third kappa shape index (κ3) is 4.68. The summed E-state index contributed by atoms with van der Waals surface area (Å²) in [7, 11) is 0. The van der Waals surface area contributed by atoms with Gasteiger partial charge in [-0.15, -0.1) is 0 Å². The molecule has 1 amide bonds. The molecule has 0 spiro atoms. The number of halogens is 3. The van der Waals surface area contributed by atoms with Crippen LogP contribution >= 0.6 is 0 Å². The average Bonchev–Trinajstić information content (AvgIpc) is 2.88. The van der Waals surface area contributed by atoms with Crippen LogP contribution < -0.4 is 9.80 Å². The Labute approximate surface area is 196 Å². The fourth-order valence-electron chi connectivity index (χ4n) is 5.15. The van der Waals surface area contributed by atoms with Gasteiger partial charge in [0.25, 0.3) is 0 Å². The molecule has 5 rings (SSSR count). The number of aromatic nitrogens is 2. The normalized spacial score (nSPS) is 19.8. The second-order valence-corrected chi connectivity index (χ2v) is 9.05. The summed E-state index contributed by atoms with van der Waals surface area (Å²) in [5.41, 5.74) is 0.351. The molecule has 182 valence electrons. The van der Waals surface area contributed by atoms with E-state index in [1.807, 2.05) is 6.07 Å². The number of piperidine rings is 1. The first-order valence-corrected chi connectivity index (χ1v) is 11.8. The Kier molecular flexibility index (Phi) is 6.33. The molecule has 0 unspecified atom stereocenters. The van der Waals surface area contributed by atoms with Gasteiger partial charge in [-0.2, -0.15) is 13.2 Å². The van der Waals surface area contributed by atoms with Crippen LogP contribution in [-0.4, -0.2) is 66.7 Å². The van der Waals surface area contributed by atoms with Gasteiger partial charge in [0.05, 0.1) is 18.8 Å². The van der Waals surface area contributed by atoms with Gasteiger partial charge < -0.3 is 19.4 Å². The molecule has 1 aromatic heterocycles. The molecule has 0 saturated carbocycles. The summed E-state index contributed by atoms with van der Waals surface area (Å²) in [6.07, 6.45) is -1.16. The van der Waals surface area contributed by atoms with Gasteiger partial charge in [-0.1, -0.05) is 12.1 Å². The van der Waals surface area contributed by atoms with Crippen LogP contribution in [0.3, 0.4) is 0 Å². The molecule has 2 fully saturated rings. The largest absolute Gasteiger partial charge is 0.416 e. The number of rotatable bonds is 3. The Morgan fingerprint density at radius 1 is 0.971 bits per heavy atom. The van der Waals surface area contributed by atoms with Crippen molar-refractivity contribution in [3.05, 3.63) is 47.3 Å². The highest BCUT2D eigenvalue weighted by Crippen LogP contribution is 2.36. The maximum atomic E-state index is 13.3. The minimum atomic E-state index is -4.37. The molecule has 2 saturated heterocycles. The van der Waals surface area contributed by atoms with Crippen LogP contribution in [0.15, 0.2) is 30.6 Å². The van der Waals surface area contributed by atoms with Crippen molar-refractivity contribution in [1.29, 1.82) is 0 Å². The number of carbonyl (C=O) groups excluding carboxylic acids is 1. The summed E-state index contributed by atoms with van der Waals surface area (Å²) in [6, 6.07) is 6.26. The third-order valence-corrected chi connectivity index (χ3v) is 7.02. The summed E-state index contributed by atoms with van der Waals surface area (Å²) in [6.45, 7) is 4.96. The number of alkyl halides is 3. The lowest BCUT2D eigenvalue weighted by atomic mass is 9.91. The molecule has 3 aliphatic heterocycles. The lowest BCUT2D eigenvalue weighted by Gasteiger charge is -2.37. The summed E-state index contributed by atoms with van der Waals surface area (Å²) in [5, 5.41) is 0. The number of hydrogen-bond donors (Lipinski definition) is 0. The van der Waals surface area contributed by atoms with E-state index in [0.29, 0.717) is 56.8 Å². The number of nitrogens with zero attached hydrogens (tertiary/aromatic N) is 5. The lowest BCUT2D eigenvalue weighted by molar-refractivity contribution is -0.139. The van der Waals surface area contributed by atoms with E-state index in [1.165, 1.54) is 6.07 Å². The van der Waals surface area contributed by atoms with Crippen molar-refractivity contribution >= 4 is 17.5 Å². The molecular formula is C24H28F3N5O2. The first-order chi connectivity index (χ1) is 16.4. The molecule has 0 atom stereocenters. The Hall–Kier alpha value is -2.88. The van der Waals surface area contributed by atoms with Crippen molar-refractivity contribution in [1.82, 2.24) is 14.9 Å². The number of ether oxygens (including phenoxy) is 1. The molecule has 3 aliphatic rings. The van der Waals surface area contributed by atoms with Gasteiger partial charge in [0, 0.05) is 51.3 Å². The fourth-order valence-corrected chi connectivity index (χ4v) is 5.15. The van der Waals surface area contributed by atoms with Crippen molar-refractivity contribution in [3.63, 3.8) is 0 Å². The van der Waals surface area contributed by atoms with Crippen molar-refractivity contribution in [2.24, 2.45) is 5.92 Å². The van der Waals surface area contributed by atoms with Gasteiger partial charge in [-0.25, -0.2) is 9.97 Å². The highest BCUT2D eigenvalue weighted by atomic mass is 19.4. The molecule has 1 aromatic carbocycles. The summed E-state index contributed by atoms with van der Waals surface area (Å²) < 4.78 is 45.4. The highest BCUT2D eigenvalue weighted by Gasteiger charge is 2.37. The predicted molar refractivity (Wildman–Crippen MR) is 121 cm³/mol. The SMILES string of the molecule is O=C(C1CCN(c2cc(N3CCOCC3)ncn2)CC1)N1CCc2c(cccc2C(F)(F)F)C1. The zero-order valence-electron chi connectivity index (χ0n) is 18.9. The maximum absolute atomic E-state index is 13.3. The molecular weight excluding hydrogens is 447 g/mol. The van der Waals surface area contributed by atoms with E-state index in [0.717, 1.165) is 30.8 Å². The van der Waals surface area contributed by atoms with Gasteiger partial charge in [0.15, 0.2) is 0 Å². The standard InChI is InChI=1S/C24H28F3N5O2/c25-24(26,27)20-3-1-2-18-15-32(9-6-19(18)20)23(33)17-4-7-30(8-5-17)21-14-22(29-16-28-21)31-10-12-34-13-11-31/h1-3,14,16-17H,4-13,15H2. The summed E-state index contributed by atoms with van der Waals surface area (Å²) in [4.78, 5) is 28.1. The molecule has 34 heavy (non-hydrogen) atoms. The van der Waals surface area contributed by atoms with Crippen molar-refractivity contribution in [3.8, 4) is 0 Å². The van der Waals surface area contributed by atoms with E-state index in [1.54, 1.807) is 17.3 Å². The van der Waals surface area contributed by atoms with Crippen LogP contribution in [0.1, 0.15) is 29.5 Å². The number of fused-ring (bicyclic) bond motifs is 1. The zero-order valence-corrected chi connectivity index (χ0v) is 18.9. The van der Waals surface area contributed by atoms with E-state index >= 15 is 0 Å². The zero-order chi connectivity index (χ0) is 23.7. The van der Waals surface area contributed by atoms with Gasteiger partial charge in [0.1, 0.15) is 18.0 Å². The number of hydrogen-bond acceptors (Lipinski definition) is 6. The van der Waals surface area contributed by atoms with Gasteiger partial charge in [-0.05, 0) is 36.5 Å². The van der Waals surface area contributed by atoms with Gasteiger partial charge in [-0.3, -0.25) is 4.79 Å². The molecule has 4 heterocycles. The molecule has 0 N–H and O–H groups in total. The topological polar surface area (TPSA) is 61.8 Å². The van der Waals surface area contributed by atoms with E-state index in [4.69, 9.17) is 4.74 Å². The smallest absolute Gasteiger partial charge is 0.378 e. The maximum Gasteiger partial charge on any atom is 0.416 e. The van der Waals surface area contributed by atoms with Crippen molar-refractivity contribution in [2.75, 3.05) is 55.7 Å². The first kappa shape index (κ1) is 22.9. The first-order valence-electron chi connectivity index (χ1n) is 11.8. The fraction of sp³-hybridized carbons (Fsp3) is 0.542. The Morgan fingerprint density at radius 2 is 1.65 bits per heavy atom. The monoisotopic (exact) mass is 475 g/mol. The van der Waals surface area contributed by atoms with Crippen LogP contribution in [0.25, 0.3) is 0 Å². The number of morpholine rings is 1. The van der Waals surface area contributed by atoms with Crippen LogP contribution in [-0.2, 0) is 28.7 Å². The summed E-state index contributed by atoms with van der Waals surface area (Å²) >= 11 is 0. The minimum absolute atomic E-state index is 0.0411. The van der Waals surface area contributed by atoms with E-state index in [9.17, 15) is 18.0 Å². The number of carbonyl (C=O) groups is 1. The number of anilines is 2. The van der Waals surface area contributed by atoms with Crippen LogP contribution in [0.2, 0.25) is 0 Å². The van der Waals surface area contributed by atoms with E-state index < -0.39 is 11.7 Å². The second-order valence-electron chi connectivity index (χ2n) is 9.05. The third-order valence-electron chi connectivity index (χ3n) is 7.02. The molecule has 0 aliphatic carbocycles. The van der Waals surface area contributed by atoms with Crippen LogP contribution in [0.4, 0.5) is 24.8 Å². The highest BCUT2D eigenvalue weighted by molar-refractivity contribution is 5.79. The van der Waals surface area contributed by atoms with Gasteiger partial charge in [0.2, 0.25) is 5.91 Å². The molecule has 7 nitrogen and oxygen atoms in total.